The van der Waals surface area contributed by atoms with E-state index in [1.165, 1.54) is 5.56 Å². The molecule has 0 aliphatic heterocycles. The van der Waals surface area contributed by atoms with Crippen molar-refractivity contribution in [3.8, 4) is 5.75 Å². The number of nitrogens with one attached hydrogen (secondary N) is 1. The Hall–Kier alpha value is -3.02. The van der Waals surface area contributed by atoms with E-state index < -0.39 is 0 Å². The molecule has 31 heavy (non-hydrogen) atoms. The smallest absolute Gasteiger partial charge is 0.256 e. The van der Waals surface area contributed by atoms with Gasteiger partial charge in [-0.3, -0.25) is 9.89 Å². The number of para-hydroxylation sites is 1. The summed E-state index contributed by atoms with van der Waals surface area (Å²) in [7, 11) is 1.70. The zero-order valence-electron chi connectivity index (χ0n) is 18.5. The molecule has 162 valence electrons. The van der Waals surface area contributed by atoms with Crippen LogP contribution in [0.4, 0.5) is 0 Å². The Kier molecular flexibility index (Phi) is 5.08. The molecule has 3 aromatic rings. The van der Waals surface area contributed by atoms with Gasteiger partial charge in [0.2, 0.25) is 0 Å². The Balaban J connectivity index is 1.43. The molecule has 0 radical (unpaired) electrons. The average Bonchev–Trinajstić information content (AvgIpc) is 3.43. The Morgan fingerprint density at radius 3 is 2.81 bits per heavy atom. The van der Waals surface area contributed by atoms with Crippen molar-refractivity contribution in [3.05, 3.63) is 70.3 Å². The fourth-order valence-corrected chi connectivity index (χ4v) is 5.02. The van der Waals surface area contributed by atoms with Crippen LogP contribution in [0.2, 0.25) is 0 Å². The Bertz CT molecular complexity index is 1110. The van der Waals surface area contributed by atoms with Crippen molar-refractivity contribution in [2.75, 3.05) is 7.11 Å². The number of ether oxygens (including phenoxy) is 1. The molecule has 1 unspecified atom stereocenters. The van der Waals surface area contributed by atoms with Gasteiger partial charge in [0.1, 0.15) is 5.75 Å². The summed E-state index contributed by atoms with van der Waals surface area (Å²) in [4.78, 5) is 16.0. The lowest BCUT2D eigenvalue weighted by molar-refractivity contribution is 0.0642. The fourth-order valence-electron chi connectivity index (χ4n) is 5.02. The summed E-state index contributed by atoms with van der Waals surface area (Å²) in [5.41, 5.74) is 6.50. The molecule has 2 aliphatic carbocycles. The van der Waals surface area contributed by atoms with Gasteiger partial charge >= 0.3 is 0 Å². The first kappa shape index (κ1) is 19.9. The maximum absolute atomic E-state index is 13.8. The minimum absolute atomic E-state index is 0.179. The molecule has 1 saturated carbocycles. The molecule has 2 aliphatic rings. The van der Waals surface area contributed by atoms with Crippen LogP contribution >= 0.6 is 0 Å². The number of hydrogen-bond donors (Lipinski definition) is 1. The van der Waals surface area contributed by atoms with Crippen molar-refractivity contribution >= 4 is 5.91 Å². The predicted molar refractivity (Wildman–Crippen MR) is 120 cm³/mol. The minimum Gasteiger partial charge on any atom is -0.496 e. The summed E-state index contributed by atoms with van der Waals surface area (Å²) in [5, 5.41) is 7.35. The summed E-state index contributed by atoms with van der Waals surface area (Å²) < 4.78 is 7.76. The van der Waals surface area contributed by atoms with Gasteiger partial charge in [0, 0.05) is 35.2 Å². The maximum atomic E-state index is 13.8. The van der Waals surface area contributed by atoms with Crippen LogP contribution in [0.15, 0.2) is 36.5 Å². The summed E-state index contributed by atoms with van der Waals surface area (Å²) >= 11 is 0. The van der Waals surface area contributed by atoms with Gasteiger partial charge in [-0.25, -0.2) is 0 Å². The van der Waals surface area contributed by atoms with Crippen molar-refractivity contribution in [3.63, 3.8) is 0 Å². The third kappa shape index (κ3) is 3.64. The number of nitrogens with zero attached hydrogens (tertiary/aromatic N) is 3. The van der Waals surface area contributed by atoms with E-state index in [0.717, 1.165) is 66.1 Å². The van der Waals surface area contributed by atoms with Crippen LogP contribution in [0.1, 0.15) is 57.8 Å². The van der Waals surface area contributed by atoms with E-state index in [0.29, 0.717) is 12.6 Å². The van der Waals surface area contributed by atoms with E-state index in [-0.39, 0.29) is 11.9 Å². The van der Waals surface area contributed by atoms with Gasteiger partial charge in [-0.2, -0.15) is 5.10 Å². The van der Waals surface area contributed by atoms with Crippen LogP contribution in [0, 0.1) is 13.8 Å². The molecule has 6 nitrogen and oxygen atoms in total. The van der Waals surface area contributed by atoms with Crippen LogP contribution in [-0.2, 0) is 19.4 Å². The van der Waals surface area contributed by atoms with E-state index >= 15 is 0 Å². The van der Waals surface area contributed by atoms with Gasteiger partial charge in [0.05, 0.1) is 24.9 Å². The summed E-state index contributed by atoms with van der Waals surface area (Å²) in [6, 6.07) is 10.8. The highest BCUT2D eigenvalue weighted by Crippen LogP contribution is 2.35. The minimum atomic E-state index is 0.179. The number of carbonyl (C=O) groups excluding carboxylic acids is 1. The van der Waals surface area contributed by atoms with E-state index in [1.54, 1.807) is 7.11 Å². The van der Waals surface area contributed by atoms with Crippen molar-refractivity contribution in [2.24, 2.45) is 0 Å². The molecule has 0 spiro atoms. The molecule has 1 amide bonds. The maximum Gasteiger partial charge on any atom is 0.256 e. The lowest BCUT2D eigenvalue weighted by Gasteiger charge is -2.34. The number of amides is 1. The standard InChI is InChI=1S/C25H30N4O2/c1-16-12-22(17(2)28(16)15-18-6-4-5-7-24(18)31-3)25(30)29(20-8-9-20)21-10-11-23-19(13-21)14-26-27-23/h4-7,12,14,20-21H,8-11,13,15H2,1-3H3,(H,26,27). The molecular weight excluding hydrogens is 388 g/mol. The number of aryl methyl sites for hydroxylation is 2. The number of hydrogen-bond acceptors (Lipinski definition) is 3. The molecule has 1 fully saturated rings. The zero-order chi connectivity index (χ0) is 21.5. The Morgan fingerprint density at radius 2 is 2.03 bits per heavy atom. The number of aromatic nitrogens is 3. The van der Waals surface area contributed by atoms with Gasteiger partial charge in [0.15, 0.2) is 0 Å². The van der Waals surface area contributed by atoms with E-state index in [1.807, 2.05) is 24.4 Å². The van der Waals surface area contributed by atoms with Gasteiger partial charge in [-0.1, -0.05) is 18.2 Å². The van der Waals surface area contributed by atoms with E-state index in [2.05, 4.69) is 45.6 Å². The van der Waals surface area contributed by atoms with Crippen molar-refractivity contribution in [1.29, 1.82) is 0 Å². The number of rotatable bonds is 6. The van der Waals surface area contributed by atoms with E-state index in [4.69, 9.17) is 4.74 Å². The largest absolute Gasteiger partial charge is 0.496 e. The highest BCUT2D eigenvalue weighted by Gasteiger charge is 2.40. The molecule has 0 saturated heterocycles. The molecule has 5 rings (SSSR count). The van der Waals surface area contributed by atoms with Crippen molar-refractivity contribution in [2.45, 2.75) is 64.6 Å². The summed E-state index contributed by atoms with van der Waals surface area (Å²) in [5.74, 6) is 1.06. The van der Waals surface area contributed by atoms with Crippen molar-refractivity contribution < 1.29 is 9.53 Å². The second-order valence-electron chi connectivity index (χ2n) is 8.88. The molecule has 1 atom stereocenters. The number of carbonyl (C=O) groups is 1. The molecule has 2 heterocycles. The third-order valence-electron chi connectivity index (χ3n) is 6.87. The Morgan fingerprint density at radius 1 is 1.23 bits per heavy atom. The topological polar surface area (TPSA) is 63.1 Å². The molecule has 1 N–H and O–H groups in total. The number of aromatic amines is 1. The number of H-pyrrole nitrogens is 1. The highest BCUT2D eigenvalue weighted by atomic mass is 16.5. The van der Waals surface area contributed by atoms with Crippen LogP contribution in [0.5, 0.6) is 5.75 Å². The molecule has 6 heteroatoms. The molecular formula is C25H30N4O2. The average molecular weight is 419 g/mol. The highest BCUT2D eigenvalue weighted by molar-refractivity contribution is 5.96. The SMILES string of the molecule is COc1ccccc1Cn1c(C)cc(C(=O)N(C2CC2)C2CCc3n[nH]cc3C2)c1C. The van der Waals surface area contributed by atoms with Crippen LogP contribution in [0.3, 0.4) is 0 Å². The second-order valence-corrected chi connectivity index (χ2v) is 8.88. The first-order valence-electron chi connectivity index (χ1n) is 11.2. The molecule has 0 bridgehead atoms. The normalized spacial score (nSPS) is 18.0. The lowest BCUT2D eigenvalue weighted by atomic mass is 9.92. The van der Waals surface area contributed by atoms with Gasteiger partial charge in [-0.15, -0.1) is 0 Å². The van der Waals surface area contributed by atoms with Crippen LogP contribution < -0.4 is 4.74 Å². The second kappa shape index (κ2) is 7.91. The number of benzene rings is 1. The number of fused-ring (bicyclic) bond motifs is 1. The van der Waals surface area contributed by atoms with Gasteiger partial charge in [0.25, 0.3) is 5.91 Å². The summed E-state index contributed by atoms with van der Waals surface area (Å²) in [6.45, 7) is 4.84. The Labute approximate surface area is 183 Å². The van der Waals surface area contributed by atoms with Crippen molar-refractivity contribution in [1.82, 2.24) is 19.7 Å². The molecule has 1 aromatic carbocycles. The van der Waals surface area contributed by atoms with Crippen LogP contribution in [0.25, 0.3) is 0 Å². The third-order valence-corrected chi connectivity index (χ3v) is 6.87. The summed E-state index contributed by atoms with van der Waals surface area (Å²) in [6.07, 6.45) is 7.04. The predicted octanol–water partition coefficient (Wildman–Crippen LogP) is 4.05. The quantitative estimate of drug-likeness (QED) is 0.657. The first-order valence-corrected chi connectivity index (χ1v) is 11.2. The van der Waals surface area contributed by atoms with Gasteiger partial charge < -0.3 is 14.2 Å². The first-order chi connectivity index (χ1) is 15.1. The van der Waals surface area contributed by atoms with E-state index in [9.17, 15) is 4.79 Å². The zero-order valence-corrected chi connectivity index (χ0v) is 18.5. The number of methoxy groups -OCH3 is 1. The van der Waals surface area contributed by atoms with Gasteiger partial charge in [-0.05, 0) is 63.6 Å². The lowest BCUT2D eigenvalue weighted by Crippen LogP contribution is -2.45. The fraction of sp³-hybridized carbons (Fsp3) is 0.440. The molecule has 2 aromatic heterocycles. The van der Waals surface area contributed by atoms with Crippen LogP contribution in [-0.4, -0.2) is 44.8 Å². The monoisotopic (exact) mass is 418 g/mol.